The first kappa shape index (κ1) is 17.4. The van der Waals surface area contributed by atoms with E-state index in [4.69, 9.17) is 9.47 Å². The van der Waals surface area contributed by atoms with Crippen molar-refractivity contribution in [2.75, 3.05) is 6.61 Å². The average Bonchev–Trinajstić information content (AvgIpc) is 2.66. The van der Waals surface area contributed by atoms with Crippen LogP contribution in [-0.2, 0) is 11.3 Å². The fourth-order valence-corrected chi connectivity index (χ4v) is 2.41. The molecule has 3 aromatic rings. The van der Waals surface area contributed by atoms with Crippen molar-refractivity contribution >= 4 is 5.97 Å². The van der Waals surface area contributed by atoms with Crippen molar-refractivity contribution in [2.24, 2.45) is 0 Å². The first-order valence-corrected chi connectivity index (χ1v) is 8.23. The van der Waals surface area contributed by atoms with Gasteiger partial charge in [0.25, 0.3) is 5.56 Å². The smallest absolute Gasteiger partial charge is 0.333 e. The number of carbonyl (C=O) groups is 1. The number of para-hydroxylation sites is 2. The maximum atomic E-state index is 12.3. The Hall–Kier alpha value is -3.41. The zero-order chi connectivity index (χ0) is 18.4. The molecule has 0 saturated carbocycles. The van der Waals surface area contributed by atoms with E-state index in [-0.39, 0.29) is 12.1 Å². The second kappa shape index (κ2) is 8.11. The molecular weight excluding hydrogens is 332 g/mol. The third-order valence-electron chi connectivity index (χ3n) is 3.59. The second-order valence-corrected chi connectivity index (χ2v) is 5.43. The number of esters is 1. The number of aromatic nitrogens is 2. The van der Waals surface area contributed by atoms with Gasteiger partial charge in [-0.15, -0.1) is 0 Å². The maximum Gasteiger partial charge on any atom is 0.333 e. The molecule has 0 unspecified atom stereocenters. The van der Waals surface area contributed by atoms with Gasteiger partial charge < -0.3 is 9.47 Å². The fraction of sp³-hybridized carbons (Fsp3) is 0.150. The van der Waals surface area contributed by atoms with Crippen LogP contribution in [-0.4, -0.2) is 22.4 Å². The minimum atomic E-state index is -0.600. The van der Waals surface area contributed by atoms with E-state index in [0.717, 1.165) is 10.2 Å². The third-order valence-corrected chi connectivity index (χ3v) is 3.59. The molecule has 0 atom stereocenters. The Morgan fingerprint density at radius 3 is 2.38 bits per heavy atom. The Labute approximate surface area is 150 Å². The van der Waals surface area contributed by atoms with Crippen LogP contribution in [0.25, 0.3) is 11.3 Å². The van der Waals surface area contributed by atoms with Gasteiger partial charge in [0.05, 0.1) is 12.3 Å². The lowest BCUT2D eigenvalue weighted by atomic mass is 10.1. The summed E-state index contributed by atoms with van der Waals surface area (Å²) in [6, 6.07) is 19.3. The number of carbonyl (C=O) groups excluding carboxylic acids is 1. The predicted molar refractivity (Wildman–Crippen MR) is 97.2 cm³/mol. The minimum absolute atomic E-state index is 0.292. The van der Waals surface area contributed by atoms with Gasteiger partial charge in [0, 0.05) is 11.6 Å². The van der Waals surface area contributed by atoms with Gasteiger partial charge in [-0.1, -0.05) is 42.5 Å². The van der Waals surface area contributed by atoms with Crippen LogP contribution in [0.1, 0.15) is 6.92 Å². The van der Waals surface area contributed by atoms with Crippen molar-refractivity contribution in [1.82, 2.24) is 9.78 Å². The average molecular weight is 350 g/mol. The molecule has 6 heteroatoms. The number of hydrogen-bond acceptors (Lipinski definition) is 5. The second-order valence-electron chi connectivity index (χ2n) is 5.43. The van der Waals surface area contributed by atoms with E-state index in [0.29, 0.717) is 23.8 Å². The lowest BCUT2D eigenvalue weighted by Crippen LogP contribution is -2.28. The highest BCUT2D eigenvalue weighted by molar-refractivity contribution is 5.73. The molecule has 0 aliphatic carbocycles. The summed E-state index contributed by atoms with van der Waals surface area (Å²) in [5.41, 5.74) is 1.09. The molecule has 132 valence electrons. The van der Waals surface area contributed by atoms with Crippen LogP contribution in [0.5, 0.6) is 11.5 Å². The first-order chi connectivity index (χ1) is 12.7. The van der Waals surface area contributed by atoms with Crippen LogP contribution in [0.3, 0.4) is 0 Å². The molecule has 3 rings (SSSR count). The predicted octanol–water partition coefficient (Wildman–Crippen LogP) is 2.91. The molecule has 1 heterocycles. The maximum absolute atomic E-state index is 12.3. The summed E-state index contributed by atoms with van der Waals surface area (Å²) in [6.07, 6.45) is 0. The summed E-state index contributed by atoms with van der Waals surface area (Å²) in [6.45, 7) is 2.01. The van der Waals surface area contributed by atoms with Crippen molar-refractivity contribution < 1.29 is 14.3 Å². The van der Waals surface area contributed by atoms with Crippen molar-refractivity contribution in [3.63, 3.8) is 0 Å². The summed E-state index contributed by atoms with van der Waals surface area (Å²) < 4.78 is 11.9. The molecule has 0 radical (unpaired) electrons. The zero-order valence-electron chi connectivity index (χ0n) is 14.3. The van der Waals surface area contributed by atoms with Gasteiger partial charge in [0.15, 0.2) is 11.5 Å². The summed E-state index contributed by atoms with van der Waals surface area (Å²) in [4.78, 5) is 24.3. The SMILES string of the molecule is CCOc1ccccc1OC(=O)Cn1nc(-c2ccccc2)ccc1=O. The van der Waals surface area contributed by atoms with Crippen molar-refractivity contribution in [1.29, 1.82) is 0 Å². The molecule has 1 aromatic heterocycles. The van der Waals surface area contributed by atoms with Gasteiger partial charge >= 0.3 is 5.97 Å². The van der Waals surface area contributed by atoms with Crippen molar-refractivity contribution in [3.05, 3.63) is 77.1 Å². The Morgan fingerprint density at radius 1 is 0.962 bits per heavy atom. The lowest BCUT2D eigenvalue weighted by Gasteiger charge is -2.11. The highest BCUT2D eigenvalue weighted by atomic mass is 16.6. The van der Waals surface area contributed by atoms with Gasteiger partial charge in [0.2, 0.25) is 0 Å². The Kier molecular flexibility index (Phi) is 5.43. The van der Waals surface area contributed by atoms with Crippen LogP contribution in [0.4, 0.5) is 0 Å². The van der Waals surface area contributed by atoms with E-state index < -0.39 is 5.97 Å². The van der Waals surface area contributed by atoms with Gasteiger partial charge in [-0.2, -0.15) is 5.10 Å². The minimum Gasteiger partial charge on any atom is -0.490 e. The topological polar surface area (TPSA) is 70.4 Å². The molecular formula is C20H18N2O4. The summed E-state index contributed by atoms with van der Waals surface area (Å²) in [5, 5.41) is 4.25. The number of benzene rings is 2. The summed E-state index contributed by atoms with van der Waals surface area (Å²) in [5.74, 6) is 0.185. The van der Waals surface area contributed by atoms with Crippen LogP contribution in [0.2, 0.25) is 0 Å². The molecule has 6 nitrogen and oxygen atoms in total. The van der Waals surface area contributed by atoms with E-state index in [1.165, 1.54) is 6.07 Å². The van der Waals surface area contributed by atoms with E-state index in [2.05, 4.69) is 5.10 Å². The quantitative estimate of drug-likeness (QED) is 0.505. The number of nitrogens with zero attached hydrogens (tertiary/aromatic N) is 2. The van der Waals surface area contributed by atoms with Gasteiger partial charge in [0.1, 0.15) is 6.54 Å². The van der Waals surface area contributed by atoms with Crippen LogP contribution < -0.4 is 15.0 Å². The monoisotopic (exact) mass is 350 g/mol. The van der Waals surface area contributed by atoms with Crippen LogP contribution in [0.15, 0.2) is 71.5 Å². The van der Waals surface area contributed by atoms with E-state index in [9.17, 15) is 9.59 Å². The lowest BCUT2D eigenvalue weighted by molar-refractivity contribution is -0.135. The molecule has 0 aliphatic heterocycles. The number of rotatable bonds is 6. The molecule has 0 spiro atoms. The Morgan fingerprint density at radius 2 is 1.65 bits per heavy atom. The standard InChI is InChI=1S/C20H18N2O4/c1-2-25-17-10-6-7-11-18(17)26-20(24)14-22-19(23)13-12-16(21-22)15-8-4-3-5-9-15/h3-13H,2,14H2,1H3. The third kappa shape index (κ3) is 4.16. The van der Waals surface area contributed by atoms with Crippen molar-refractivity contribution in [2.45, 2.75) is 13.5 Å². The Balaban J connectivity index is 1.79. The van der Waals surface area contributed by atoms with Crippen LogP contribution in [0, 0.1) is 0 Å². The molecule has 2 aromatic carbocycles. The van der Waals surface area contributed by atoms with Crippen molar-refractivity contribution in [3.8, 4) is 22.8 Å². The summed E-state index contributed by atoms with van der Waals surface area (Å²) in [7, 11) is 0. The highest BCUT2D eigenvalue weighted by Crippen LogP contribution is 2.26. The van der Waals surface area contributed by atoms with E-state index in [1.807, 2.05) is 37.3 Å². The highest BCUT2D eigenvalue weighted by Gasteiger charge is 2.13. The molecule has 0 saturated heterocycles. The van der Waals surface area contributed by atoms with Crippen LogP contribution >= 0.6 is 0 Å². The Bertz CT molecular complexity index is 951. The molecule has 0 bridgehead atoms. The molecule has 0 N–H and O–H groups in total. The zero-order valence-corrected chi connectivity index (χ0v) is 14.3. The van der Waals surface area contributed by atoms with E-state index in [1.54, 1.807) is 30.3 Å². The van der Waals surface area contributed by atoms with Gasteiger partial charge in [-0.05, 0) is 25.1 Å². The summed E-state index contributed by atoms with van der Waals surface area (Å²) >= 11 is 0. The normalized spacial score (nSPS) is 10.3. The molecule has 0 aliphatic rings. The van der Waals surface area contributed by atoms with Gasteiger partial charge in [-0.25, -0.2) is 9.48 Å². The number of ether oxygens (including phenoxy) is 2. The molecule has 0 fully saturated rings. The fourth-order valence-electron chi connectivity index (χ4n) is 2.41. The number of hydrogen-bond donors (Lipinski definition) is 0. The van der Waals surface area contributed by atoms with Gasteiger partial charge in [-0.3, -0.25) is 4.79 Å². The van der Waals surface area contributed by atoms with E-state index >= 15 is 0 Å². The molecule has 26 heavy (non-hydrogen) atoms. The first-order valence-electron chi connectivity index (χ1n) is 8.23. The molecule has 0 amide bonds. The largest absolute Gasteiger partial charge is 0.490 e.